The van der Waals surface area contributed by atoms with Gasteiger partial charge in [0.15, 0.2) is 0 Å². The molecule has 0 radical (unpaired) electrons. The van der Waals surface area contributed by atoms with Gasteiger partial charge in [-0.1, -0.05) is 29.8 Å². The van der Waals surface area contributed by atoms with E-state index in [0.717, 1.165) is 17.3 Å². The molecular formula is C13H19BrN2O3. The molecule has 0 fully saturated rings. The van der Waals surface area contributed by atoms with Crippen LogP contribution in [0.5, 0.6) is 0 Å². The van der Waals surface area contributed by atoms with Crippen molar-refractivity contribution in [2.75, 3.05) is 18.5 Å². The van der Waals surface area contributed by atoms with Crippen LogP contribution in [0.25, 0.3) is 0 Å². The Labute approximate surface area is 121 Å². The molecule has 1 rings (SSSR count). The number of nitro benzene ring substituents is 1. The second-order valence-electron chi connectivity index (χ2n) is 5.27. The number of benzene rings is 1. The standard InChI is InChI=1S/C13H19BrN2O3/c1-13(2,9-17)6-3-7-15-11-8-10(14)4-5-12(11)16(18)19/h4-5,8,15,17H,3,6-7,9H2,1-2H3. The van der Waals surface area contributed by atoms with Gasteiger partial charge in [-0.2, -0.15) is 0 Å². The molecule has 0 amide bonds. The molecule has 0 aliphatic rings. The maximum absolute atomic E-state index is 10.9. The zero-order chi connectivity index (χ0) is 14.5. The van der Waals surface area contributed by atoms with E-state index in [0.29, 0.717) is 12.2 Å². The monoisotopic (exact) mass is 330 g/mol. The third-order valence-electron chi connectivity index (χ3n) is 2.93. The lowest BCUT2D eigenvalue weighted by Gasteiger charge is -2.21. The van der Waals surface area contributed by atoms with Gasteiger partial charge in [0.05, 0.1) is 4.92 Å². The molecule has 5 nitrogen and oxygen atoms in total. The topological polar surface area (TPSA) is 75.4 Å². The summed E-state index contributed by atoms with van der Waals surface area (Å²) < 4.78 is 0.802. The molecule has 0 aliphatic heterocycles. The average molecular weight is 331 g/mol. The number of anilines is 1. The highest BCUT2D eigenvalue weighted by atomic mass is 79.9. The van der Waals surface area contributed by atoms with Crippen molar-refractivity contribution < 1.29 is 10.0 Å². The minimum Gasteiger partial charge on any atom is -0.396 e. The molecule has 0 bridgehead atoms. The Hall–Kier alpha value is -1.14. The molecule has 6 heteroatoms. The Morgan fingerprint density at radius 3 is 2.74 bits per heavy atom. The molecule has 19 heavy (non-hydrogen) atoms. The molecule has 106 valence electrons. The average Bonchev–Trinajstić information content (AvgIpc) is 2.34. The molecule has 0 unspecified atom stereocenters. The Morgan fingerprint density at radius 2 is 2.16 bits per heavy atom. The molecule has 1 aromatic rings. The van der Waals surface area contributed by atoms with Crippen molar-refractivity contribution in [2.24, 2.45) is 5.41 Å². The van der Waals surface area contributed by atoms with Gasteiger partial charge in [0, 0.05) is 23.7 Å². The van der Waals surface area contributed by atoms with E-state index in [1.54, 1.807) is 12.1 Å². The van der Waals surface area contributed by atoms with Gasteiger partial charge in [0.25, 0.3) is 5.69 Å². The summed E-state index contributed by atoms with van der Waals surface area (Å²) in [6, 6.07) is 4.83. The van der Waals surface area contributed by atoms with Crippen LogP contribution in [0, 0.1) is 15.5 Å². The molecule has 1 aromatic carbocycles. The van der Waals surface area contributed by atoms with Crippen LogP contribution in [0.1, 0.15) is 26.7 Å². The maximum Gasteiger partial charge on any atom is 0.292 e. The van der Waals surface area contributed by atoms with Crippen molar-refractivity contribution in [3.63, 3.8) is 0 Å². The molecule has 0 saturated heterocycles. The summed E-state index contributed by atoms with van der Waals surface area (Å²) in [5.41, 5.74) is 0.482. The molecular weight excluding hydrogens is 312 g/mol. The van der Waals surface area contributed by atoms with E-state index in [1.165, 1.54) is 6.07 Å². The molecule has 0 spiro atoms. The van der Waals surface area contributed by atoms with Crippen molar-refractivity contribution in [3.8, 4) is 0 Å². The maximum atomic E-state index is 10.9. The lowest BCUT2D eigenvalue weighted by Crippen LogP contribution is -2.18. The number of nitrogens with zero attached hydrogens (tertiary/aromatic N) is 1. The molecule has 0 saturated carbocycles. The second-order valence-corrected chi connectivity index (χ2v) is 6.19. The van der Waals surface area contributed by atoms with E-state index in [2.05, 4.69) is 21.2 Å². The third kappa shape index (κ3) is 5.16. The zero-order valence-electron chi connectivity index (χ0n) is 11.1. The van der Waals surface area contributed by atoms with Crippen LogP contribution in [-0.4, -0.2) is 23.2 Å². The summed E-state index contributed by atoms with van der Waals surface area (Å²) in [7, 11) is 0. The van der Waals surface area contributed by atoms with Gasteiger partial charge < -0.3 is 10.4 Å². The van der Waals surface area contributed by atoms with Crippen LogP contribution in [0.3, 0.4) is 0 Å². The van der Waals surface area contributed by atoms with Crippen LogP contribution in [-0.2, 0) is 0 Å². The quantitative estimate of drug-likeness (QED) is 0.455. The molecule has 0 aliphatic carbocycles. The first kappa shape index (κ1) is 15.9. The van der Waals surface area contributed by atoms with Crippen LogP contribution < -0.4 is 5.32 Å². The van der Waals surface area contributed by atoms with Gasteiger partial charge >= 0.3 is 0 Å². The summed E-state index contributed by atoms with van der Waals surface area (Å²) in [5, 5.41) is 23.1. The number of nitrogens with one attached hydrogen (secondary N) is 1. The number of rotatable bonds is 7. The predicted octanol–water partition coefficient (Wildman–Crippen LogP) is 3.57. The van der Waals surface area contributed by atoms with Gasteiger partial charge in [-0.15, -0.1) is 0 Å². The fraction of sp³-hybridized carbons (Fsp3) is 0.538. The van der Waals surface area contributed by atoms with Gasteiger partial charge in [-0.25, -0.2) is 0 Å². The number of halogens is 1. The number of hydrogen-bond acceptors (Lipinski definition) is 4. The van der Waals surface area contributed by atoms with Crippen LogP contribution in [0.2, 0.25) is 0 Å². The van der Waals surface area contributed by atoms with Gasteiger partial charge in [-0.3, -0.25) is 10.1 Å². The van der Waals surface area contributed by atoms with Gasteiger partial charge in [-0.05, 0) is 30.4 Å². The van der Waals surface area contributed by atoms with E-state index in [9.17, 15) is 10.1 Å². The largest absolute Gasteiger partial charge is 0.396 e. The number of aliphatic hydroxyl groups excluding tert-OH is 1. The first-order valence-electron chi connectivity index (χ1n) is 6.14. The molecule has 2 N–H and O–H groups in total. The smallest absolute Gasteiger partial charge is 0.292 e. The highest BCUT2D eigenvalue weighted by Gasteiger charge is 2.16. The highest BCUT2D eigenvalue weighted by molar-refractivity contribution is 9.10. The number of aliphatic hydroxyl groups is 1. The number of nitro groups is 1. The lowest BCUT2D eigenvalue weighted by atomic mass is 9.89. The SMILES string of the molecule is CC(C)(CO)CCCNc1cc(Br)ccc1[N+](=O)[O-]. The molecule has 0 aromatic heterocycles. The predicted molar refractivity (Wildman–Crippen MR) is 79.4 cm³/mol. The highest BCUT2D eigenvalue weighted by Crippen LogP contribution is 2.28. The van der Waals surface area contributed by atoms with Crippen molar-refractivity contribution in [3.05, 3.63) is 32.8 Å². The van der Waals surface area contributed by atoms with Crippen molar-refractivity contribution >= 4 is 27.3 Å². The third-order valence-corrected chi connectivity index (χ3v) is 3.42. The van der Waals surface area contributed by atoms with E-state index in [4.69, 9.17) is 5.11 Å². The molecule has 0 atom stereocenters. The normalized spacial score (nSPS) is 11.4. The van der Waals surface area contributed by atoms with Crippen LogP contribution in [0.15, 0.2) is 22.7 Å². The first-order chi connectivity index (χ1) is 8.85. The zero-order valence-corrected chi connectivity index (χ0v) is 12.7. The van der Waals surface area contributed by atoms with Crippen LogP contribution in [0.4, 0.5) is 11.4 Å². The van der Waals surface area contributed by atoms with E-state index >= 15 is 0 Å². The fourth-order valence-electron chi connectivity index (χ4n) is 1.68. The van der Waals surface area contributed by atoms with Crippen molar-refractivity contribution in [1.82, 2.24) is 0 Å². The van der Waals surface area contributed by atoms with Gasteiger partial charge in [0.2, 0.25) is 0 Å². The number of hydrogen-bond donors (Lipinski definition) is 2. The van der Waals surface area contributed by atoms with E-state index in [1.807, 2.05) is 13.8 Å². The van der Waals surface area contributed by atoms with Crippen LogP contribution >= 0.6 is 15.9 Å². The summed E-state index contributed by atoms with van der Waals surface area (Å²) in [6.45, 7) is 4.77. The summed E-state index contributed by atoms with van der Waals surface area (Å²) >= 11 is 3.30. The Balaban J connectivity index is 2.58. The Morgan fingerprint density at radius 1 is 1.47 bits per heavy atom. The lowest BCUT2D eigenvalue weighted by molar-refractivity contribution is -0.384. The Kier molecular flexibility index (Phi) is 5.75. The van der Waals surface area contributed by atoms with E-state index < -0.39 is 4.92 Å². The second kappa shape index (κ2) is 6.86. The van der Waals surface area contributed by atoms with Crippen molar-refractivity contribution in [1.29, 1.82) is 0 Å². The first-order valence-corrected chi connectivity index (χ1v) is 6.94. The summed E-state index contributed by atoms with van der Waals surface area (Å²) in [5.74, 6) is 0. The Bertz CT molecular complexity index is 450. The van der Waals surface area contributed by atoms with Gasteiger partial charge in [0.1, 0.15) is 5.69 Å². The summed E-state index contributed by atoms with van der Waals surface area (Å²) in [4.78, 5) is 10.5. The van der Waals surface area contributed by atoms with E-state index in [-0.39, 0.29) is 17.7 Å². The molecule has 0 heterocycles. The minimum absolute atomic E-state index is 0.0737. The van der Waals surface area contributed by atoms with Crippen molar-refractivity contribution in [2.45, 2.75) is 26.7 Å². The minimum atomic E-state index is -0.396. The fourth-order valence-corrected chi connectivity index (χ4v) is 2.04. The summed E-state index contributed by atoms with van der Waals surface area (Å²) in [6.07, 6.45) is 1.70.